The number of benzene rings is 1. The minimum absolute atomic E-state index is 0.0142. The van der Waals surface area contributed by atoms with E-state index in [2.05, 4.69) is 25.0 Å². The van der Waals surface area contributed by atoms with Gasteiger partial charge in [-0.3, -0.25) is 10.1 Å². The summed E-state index contributed by atoms with van der Waals surface area (Å²) < 4.78 is 25.7. The van der Waals surface area contributed by atoms with Crippen LogP contribution < -0.4 is 14.8 Å². The van der Waals surface area contributed by atoms with Gasteiger partial charge in [0.2, 0.25) is 5.76 Å². The molecule has 0 unspecified atom stereocenters. The number of ether oxygens (including phenoxy) is 4. The summed E-state index contributed by atoms with van der Waals surface area (Å²) >= 11 is 0.953. The molecule has 0 radical (unpaired) electrons. The zero-order valence-corrected chi connectivity index (χ0v) is 18.6. The van der Waals surface area contributed by atoms with Gasteiger partial charge in [-0.15, -0.1) is 5.10 Å². The number of para-hydroxylation sites is 1. The van der Waals surface area contributed by atoms with E-state index in [4.69, 9.17) is 13.9 Å². The van der Waals surface area contributed by atoms with Crippen molar-refractivity contribution in [1.29, 1.82) is 0 Å². The van der Waals surface area contributed by atoms with Crippen molar-refractivity contribution in [2.45, 2.75) is 6.61 Å². The normalized spacial score (nSPS) is 15.7. The molecule has 1 amide bonds. The monoisotopic (exact) mass is 473 g/mol. The highest BCUT2D eigenvalue weighted by atomic mass is 32.2. The summed E-state index contributed by atoms with van der Waals surface area (Å²) in [4.78, 5) is 34.9. The molecule has 1 aliphatic heterocycles. The van der Waals surface area contributed by atoms with E-state index >= 15 is 0 Å². The Labute approximate surface area is 192 Å². The number of methoxy groups -OCH3 is 3. The molecule has 2 aromatic rings. The lowest BCUT2D eigenvalue weighted by Gasteiger charge is -2.12. The van der Waals surface area contributed by atoms with Crippen LogP contribution in [0.1, 0.15) is 21.9 Å². The molecule has 0 saturated carbocycles. The van der Waals surface area contributed by atoms with E-state index in [9.17, 15) is 14.4 Å². The Kier molecular flexibility index (Phi) is 7.86. The van der Waals surface area contributed by atoms with Crippen molar-refractivity contribution < 1.29 is 37.7 Å². The molecule has 11 nitrogen and oxygen atoms in total. The van der Waals surface area contributed by atoms with Gasteiger partial charge in [0.25, 0.3) is 5.91 Å². The van der Waals surface area contributed by atoms with E-state index in [1.54, 1.807) is 24.3 Å². The summed E-state index contributed by atoms with van der Waals surface area (Å²) in [5, 5.41) is 10.6. The highest BCUT2D eigenvalue weighted by Gasteiger charge is 2.25. The zero-order valence-electron chi connectivity index (χ0n) is 17.8. The topological polar surface area (TPSA) is 138 Å². The average molecular weight is 473 g/mol. The predicted molar refractivity (Wildman–Crippen MR) is 118 cm³/mol. The van der Waals surface area contributed by atoms with Gasteiger partial charge in [0.1, 0.15) is 12.4 Å². The quantitative estimate of drug-likeness (QED) is 0.265. The van der Waals surface area contributed by atoms with Gasteiger partial charge in [0.15, 0.2) is 16.7 Å². The largest absolute Gasteiger partial charge is 0.493 e. The molecule has 172 valence electrons. The predicted octanol–water partition coefficient (Wildman–Crippen LogP) is 2.26. The number of hydrogen-bond acceptors (Lipinski definition) is 11. The van der Waals surface area contributed by atoms with Gasteiger partial charge >= 0.3 is 11.9 Å². The molecule has 1 fully saturated rings. The fourth-order valence-corrected chi connectivity index (χ4v) is 3.28. The highest BCUT2D eigenvalue weighted by Crippen LogP contribution is 2.31. The van der Waals surface area contributed by atoms with Crippen LogP contribution in [-0.2, 0) is 25.7 Å². The van der Waals surface area contributed by atoms with E-state index in [1.807, 2.05) is 0 Å². The molecular formula is C21H19N3O8S. The summed E-state index contributed by atoms with van der Waals surface area (Å²) in [6, 6.07) is 8.26. The van der Waals surface area contributed by atoms with Crippen molar-refractivity contribution in [1.82, 2.24) is 5.32 Å². The molecule has 2 heterocycles. The van der Waals surface area contributed by atoms with Gasteiger partial charge in [-0.2, -0.15) is 5.10 Å². The number of furan rings is 1. The summed E-state index contributed by atoms with van der Waals surface area (Å²) in [7, 11) is 3.97. The number of amides is 1. The standard InChI is InChI=1S/C21H19N3O8S/c1-28-14-6-4-5-12(18(14)31-11-13-7-8-15(32-13)20(27)30-3)10-22-24-21-23-19(26)16(33-21)9-17(25)29-2/h4-10H,11H2,1-3H3,(H,23,24,26)/b16-9+,22-10?. The number of carbonyl (C=O) groups excluding carboxylic acids is 3. The van der Waals surface area contributed by atoms with E-state index in [0.29, 0.717) is 22.8 Å². The lowest BCUT2D eigenvalue weighted by atomic mass is 10.2. The number of amidine groups is 1. The van der Waals surface area contributed by atoms with E-state index < -0.39 is 17.8 Å². The molecule has 0 aliphatic carbocycles. The van der Waals surface area contributed by atoms with E-state index in [0.717, 1.165) is 17.8 Å². The van der Waals surface area contributed by atoms with Gasteiger partial charge in [0, 0.05) is 11.6 Å². The number of thioether (sulfide) groups is 1. The Balaban J connectivity index is 1.74. The Morgan fingerprint density at radius 2 is 1.97 bits per heavy atom. The second-order valence-corrected chi connectivity index (χ2v) is 7.19. The van der Waals surface area contributed by atoms with Gasteiger partial charge in [-0.25, -0.2) is 9.59 Å². The minimum Gasteiger partial charge on any atom is -0.493 e. The van der Waals surface area contributed by atoms with Crippen molar-refractivity contribution in [3.8, 4) is 11.5 Å². The lowest BCUT2D eigenvalue weighted by molar-refractivity contribution is -0.135. The molecule has 12 heteroatoms. The van der Waals surface area contributed by atoms with Crippen LogP contribution >= 0.6 is 11.8 Å². The van der Waals surface area contributed by atoms with Gasteiger partial charge in [-0.1, -0.05) is 6.07 Å². The molecule has 1 saturated heterocycles. The number of hydrogen-bond donors (Lipinski definition) is 1. The molecule has 0 bridgehead atoms. The van der Waals surface area contributed by atoms with Crippen molar-refractivity contribution in [2.24, 2.45) is 10.2 Å². The second-order valence-electron chi connectivity index (χ2n) is 6.16. The molecule has 1 aromatic carbocycles. The lowest BCUT2D eigenvalue weighted by Crippen LogP contribution is -2.19. The van der Waals surface area contributed by atoms with Crippen LogP contribution in [0.25, 0.3) is 0 Å². The maximum absolute atomic E-state index is 11.9. The van der Waals surface area contributed by atoms with Gasteiger partial charge in [0.05, 0.1) is 32.4 Å². The Bertz CT molecular complexity index is 1150. The molecule has 1 N–H and O–H groups in total. The van der Waals surface area contributed by atoms with E-state index in [1.165, 1.54) is 33.6 Å². The van der Waals surface area contributed by atoms with Crippen LogP contribution in [0, 0.1) is 0 Å². The molecular weight excluding hydrogens is 454 g/mol. The summed E-state index contributed by atoms with van der Waals surface area (Å²) in [5.41, 5.74) is 0.540. The summed E-state index contributed by atoms with van der Waals surface area (Å²) in [5.74, 6) is -0.440. The molecule has 1 aliphatic rings. The van der Waals surface area contributed by atoms with Gasteiger partial charge < -0.3 is 23.4 Å². The third-order valence-corrected chi connectivity index (χ3v) is 4.98. The Hall–Kier alpha value is -4.06. The highest BCUT2D eigenvalue weighted by molar-refractivity contribution is 8.18. The maximum Gasteiger partial charge on any atom is 0.373 e. The molecule has 0 spiro atoms. The average Bonchev–Trinajstić information content (AvgIpc) is 3.43. The first kappa shape index (κ1) is 23.6. The smallest absolute Gasteiger partial charge is 0.373 e. The number of nitrogens with zero attached hydrogens (tertiary/aromatic N) is 2. The summed E-state index contributed by atoms with van der Waals surface area (Å²) in [6.07, 6.45) is 2.49. The fraction of sp³-hybridized carbons (Fsp3) is 0.190. The van der Waals surface area contributed by atoms with Crippen LogP contribution in [0.4, 0.5) is 0 Å². The first-order valence-electron chi connectivity index (χ1n) is 9.31. The van der Waals surface area contributed by atoms with Crippen LogP contribution in [0.3, 0.4) is 0 Å². The van der Waals surface area contributed by atoms with Crippen molar-refractivity contribution in [2.75, 3.05) is 21.3 Å². The zero-order chi connectivity index (χ0) is 23.8. The van der Waals surface area contributed by atoms with Crippen LogP contribution in [0.15, 0.2) is 55.9 Å². The summed E-state index contributed by atoms with van der Waals surface area (Å²) in [6.45, 7) is 0.0142. The second kappa shape index (κ2) is 11.0. The van der Waals surface area contributed by atoms with E-state index in [-0.39, 0.29) is 22.4 Å². The number of esters is 2. The van der Waals surface area contributed by atoms with Crippen molar-refractivity contribution in [3.63, 3.8) is 0 Å². The molecule has 0 atom stereocenters. The van der Waals surface area contributed by atoms with Crippen LogP contribution in [0.5, 0.6) is 11.5 Å². The Morgan fingerprint density at radius 1 is 1.15 bits per heavy atom. The number of carbonyl (C=O) groups is 3. The molecule has 1 aromatic heterocycles. The van der Waals surface area contributed by atoms with Crippen LogP contribution in [0.2, 0.25) is 0 Å². The molecule has 3 rings (SSSR count). The number of nitrogens with one attached hydrogen (secondary N) is 1. The van der Waals surface area contributed by atoms with Crippen molar-refractivity contribution in [3.05, 3.63) is 58.4 Å². The molecule has 33 heavy (non-hydrogen) atoms. The first-order valence-corrected chi connectivity index (χ1v) is 10.1. The SMILES string of the molecule is COC(=O)/C=C1/S/C(=N\N=Cc2cccc(OC)c2OCc2ccc(C(=O)OC)o2)NC1=O. The third-order valence-electron chi connectivity index (χ3n) is 4.08. The van der Waals surface area contributed by atoms with Crippen LogP contribution in [-0.4, -0.2) is 50.6 Å². The first-order chi connectivity index (χ1) is 15.9. The minimum atomic E-state index is -0.647. The third kappa shape index (κ3) is 6.01. The van der Waals surface area contributed by atoms with Gasteiger partial charge in [-0.05, 0) is 36.0 Å². The maximum atomic E-state index is 11.9. The number of rotatable bonds is 8. The van der Waals surface area contributed by atoms with Crippen molar-refractivity contribution >= 4 is 41.0 Å². The fourth-order valence-electron chi connectivity index (χ4n) is 2.54. The Morgan fingerprint density at radius 3 is 2.70 bits per heavy atom.